The van der Waals surface area contributed by atoms with Crippen molar-refractivity contribution in [2.45, 2.75) is 32.7 Å². The van der Waals surface area contributed by atoms with Crippen LogP contribution < -0.4 is 10.6 Å². The molecule has 5 nitrogen and oxygen atoms in total. The molecule has 3 N–H and O–H groups in total. The van der Waals surface area contributed by atoms with E-state index in [1.165, 1.54) is 6.07 Å². The van der Waals surface area contributed by atoms with Crippen molar-refractivity contribution in [1.29, 1.82) is 0 Å². The molecule has 0 fully saturated rings. The number of amides is 2. The van der Waals surface area contributed by atoms with E-state index in [-0.39, 0.29) is 24.3 Å². The van der Waals surface area contributed by atoms with E-state index in [2.05, 4.69) is 10.6 Å². The van der Waals surface area contributed by atoms with Crippen LogP contribution in [0.4, 0.5) is 9.18 Å². The third-order valence-electron chi connectivity index (χ3n) is 2.88. The molecule has 0 aliphatic heterocycles. The predicted molar refractivity (Wildman–Crippen MR) is 73.0 cm³/mol. The Balaban J connectivity index is 2.41. The maximum Gasteiger partial charge on any atom is 0.315 e. The molecule has 2 amide bonds. The Morgan fingerprint density at radius 1 is 1.40 bits per heavy atom. The van der Waals surface area contributed by atoms with Gasteiger partial charge in [0.05, 0.1) is 6.04 Å². The Labute approximate surface area is 117 Å². The maximum absolute atomic E-state index is 13.1. The van der Waals surface area contributed by atoms with Gasteiger partial charge < -0.3 is 15.7 Å². The molecule has 6 heteroatoms. The van der Waals surface area contributed by atoms with Crippen LogP contribution >= 0.6 is 0 Å². The maximum atomic E-state index is 13.1. The second kappa shape index (κ2) is 7.47. The zero-order valence-electron chi connectivity index (χ0n) is 11.6. The Kier molecular flexibility index (Phi) is 5.96. The van der Waals surface area contributed by atoms with Gasteiger partial charge in [-0.05, 0) is 37.5 Å². The van der Waals surface area contributed by atoms with E-state index < -0.39 is 5.97 Å². The number of carboxylic acids is 1. The minimum atomic E-state index is -0.887. The van der Waals surface area contributed by atoms with E-state index in [9.17, 15) is 14.0 Å². The summed E-state index contributed by atoms with van der Waals surface area (Å²) in [5.41, 5.74) is 1.34. The average Bonchev–Trinajstić information content (AvgIpc) is 2.37. The molecular formula is C14H19FN2O3. The normalized spacial score (nSPS) is 11.8. The molecule has 1 aromatic carbocycles. The van der Waals surface area contributed by atoms with Crippen LogP contribution in [0.5, 0.6) is 0 Å². The van der Waals surface area contributed by atoms with E-state index in [0.29, 0.717) is 18.5 Å². The summed E-state index contributed by atoms with van der Waals surface area (Å²) >= 11 is 0. The number of urea groups is 1. The third kappa shape index (κ3) is 5.26. The first-order chi connectivity index (χ1) is 9.40. The number of halogens is 1. The van der Waals surface area contributed by atoms with Gasteiger partial charge in [-0.3, -0.25) is 4.79 Å². The summed E-state index contributed by atoms with van der Waals surface area (Å²) in [4.78, 5) is 21.9. The molecule has 20 heavy (non-hydrogen) atoms. The molecule has 0 saturated heterocycles. The van der Waals surface area contributed by atoms with Crippen LogP contribution in [-0.2, 0) is 4.79 Å². The van der Waals surface area contributed by atoms with Crippen LogP contribution in [0.25, 0.3) is 0 Å². The van der Waals surface area contributed by atoms with Gasteiger partial charge in [0.1, 0.15) is 5.82 Å². The highest BCUT2D eigenvalue weighted by molar-refractivity contribution is 5.74. The van der Waals surface area contributed by atoms with Gasteiger partial charge in [0.25, 0.3) is 0 Å². The van der Waals surface area contributed by atoms with Crippen molar-refractivity contribution >= 4 is 12.0 Å². The van der Waals surface area contributed by atoms with Gasteiger partial charge in [-0.25, -0.2) is 9.18 Å². The zero-order valence-corrected chi connectivity index (χ0v) is 11.6. The topological polar surface area (TPSA) is 78.4 Å². The van der Waals surface area contributed by atoms with Crippen LogP contribution in [0.1, 0.15) is 36.9 Å². The summed E-state index contributed by atoms with van der Waals surface area (Å²) in [7, 11) is 0. The number of carbonyl (C=O) groups excluding carboxylic acids is 1. The Morgan fingerprint density at radius 3 is 2.70 bits per heavy atom. The van der Waals surface area contributed by atoms with Gasteiger partial charge in [0, 0.05) is 13.0 Å². The minimum absolute atomic E-state index is 0.0208. The van der Waals surface area contributed by atoms with E-state index in [4.69, 9.17) is 5.11 Å². The van der Waals surface area contributed by atoms with Gasteiger partial charge in [-0.2, -0.15) is 0 Å². The second-order valence-electron chi connectivity index (χ2n) is 4.63. The molecule has 1 aromatic rings. The molecule has 0 heterocycles. The summed E-state index contributed by atoms with van der Waals surface area (Å²) in [5, 5.41) is 13.8. The zero-order chi connectivity index (χ0) is 15.1. The second-order valence-corrected chi connectivity index (χ2v) is 4.63. The van der Waals surface area contributed by atoms with Crippen molar-refractivity contribution in [3.8, 4) is 0 Å². The molecule has 0 radical (unpaired) electrons. The molecule has 110 valence electrons. The highest BCUT2D eigenvalue weighted by Gasteiger charge is 2.10. The smallest absolute Gasteiger partial charge is 0.315 e. The molecule has 0 aliphatic rings. The molecular weight excluding hydrogens is 263 g/mol. The number of benzene rings is 1. The summed E-state index contributed by atoms with van der Waals surface area (Å²) in [6, 6.07) is 4.05. The number of rotatable bonds is 6. The summed E-state index contributed by atoms with van der Waals surface area (Å²) in [5.74, 6) is -1.17. The Morgan fingerprint density at radius 2 is 2.10 bits per heavy atom. The minimum Gasteiger partial charge on any atom is -0.481 e. The lowest BCUT2D eigenvalue weighted by atomic mass is 10.1. The van der Waals surface area contributed by atoms with Gasteiger partial charge in [-0.15, -0.1) is 0 Å². The quantitative estimate of drug-likeness (QED) is 0.701. The lowest BCUT2D eigenvalue weighted by molar-refractivity contribution is -0.137. The lowest BCUT2D eigenvalue weighted by Gasteiger charge is -2.15. The average molecular weight is 282 g/mol. The first-order valence-corrected chi connectivity index (χ1v) is 6.42. The molecule has 1 rings (SSSR count). The summed E-state index contributed by atoms with van der Waals surface area (Å²) < 4.78 is 13.1. The highest BCUT2D eigenvalue weighted by atomic mass is 19.1. The Bertz CT molecular complexity index is 491. The number of carboxylic acid groups (broad SMARTS) is 1. The SMILES string of the molecule is Cc1cc(C(C)NC(=O)NCCCC(=O)O)ccc1F. The predicted octanol–water partition coefficient (Wildman–Crippen LogP) is 2.36. The van der Waals surface area contributed by atoms with Crippen LogP contribution in [0.3, 0.4) is 0 Å². The molecule has 0 aliphatic carbocycles. The molecule has 1 atom stereocenters. The first-order valence-electron chi connectivity index (χ1n) is 6.42. The molecule has 0 bridgehead atoms. The van der Waals surface area contributed by atoms with Crippen molar-refractivity contribution in [1.82, 2.24) is 10.6 Å². The van der Waals surface area contributed by atoms with Crippen molar-refractivity contribution < 1.29 is 19.1 Å². The van der Waals surface area contributed by atoms with Gasteiger partial charge >= 0.3 is 12.0 Å². The Hall–Kier alpha value is -2.11. The fourth-order valence-electron chi connectivity index (χ4n) is 1.71. The molecule has 1 unspecified atom stereocenters. The van der Waals surface area contributed by atoms with Crippen molar-refractivity contribution in [3.05, 3.63) is 35.1 Å². The molecule has 0 spiro atoms. The van der Waals surface area contributed by atoms with Crippen LogP contribution in [-0.4, -0.2) is 23.7 Å². The van der Waals surface area contributed by atoms with Crippen molar-refractivity contribution in [2.24, 2.45) is 0 Å². The number of aryl methyl sites for hydroxylation is 1. The molecule has 0 saturated carbocycles. The standard InChI is InChI=1S/C14H19FN2O3/c1-9-8-11(5-6-12(9)15)10(2)17-14(20)16-7-3-4-13(18)19/h5-6,8,10H,3-4,7H2,1-2H3,(H,18,19)(H2,16,17,20). The van der Waals surface area contributed by atoms with Crippen LogP contribution in [0.2, 0.25) is 0 Å². The fraction of sp³-hybridized carbons (Fsp3) is 0.429. The van der Waals surface area contributed by atoms with Crippen molar-refractivity contribution in [3.63, 3.8) is 0 Å². The molecule has 0 aromatic heterocycles. The number of hydrogen-bond donors (Lipinski definition) is 3. The first kappa shape index (κ1) is 15.9. The van der Waals surface area contributed by atoms with Crippen LogP contribution in [0, 0.1) is 12.7 Å². The van der Waals surface area contributed by atoms with E-state index in [1.807, 2.05) is 0 Å². The number of carbonyl (C=O) groups is 2. The van der Waals surface area contributed by atoms with Crippen LogP contribution in [0.15, 0.2) is 18.2 Å². The highest BCUT2D eigenvalue weighted by Crippen LogP contribution is 2.16. The van der Waals surface area contributed by atoms with E-state index >= 15 is 0 Å². The van der Waals surface area contributed by atoms with Gasteiger partial charge in [0.15, 0.2) is 0 Å². The van der Waals surface area contributed by atoms with Gasteiger partial charge in [0.2, 0.25) is 0 Å². The monoisotopic (exact) mass is 282 g/mol. The summed E-state index contributed by atoms with van der Waals surface area (Å²) in [6.45, 7) is 3.76. The number of nitrogens with one attached hydrogen (secondary N) is 2. The summed E-state index contributed by atoms with van der Waals surface area (Å²) in [6.07, 6.45) is 0.403. The third-order valence-corrected chi connectivity index (χ3v) is 2.88. The lowest BCUT2D eigenvalue weighted by Crippen LogP contribution is -2.37. The largest absolute Gasteiger partial charge is 0.481 e. The number of hydrogen-bond acceptors (Lipinski definition) is 2. The van der Waals surface area contributed by atoms with Gasteiger partial charge in [-0.1, -0.05) is 12.1 Å². The van der Waals surface area contributed by atoms with E-state index in [1.54, 1.807) is 26.0 Å². The van der Waals surface area contributed by atoms with Crippen molar-refractivity contribution in [2.75, 3.05) is 6.54 Å². The number of aliphatic carboxylic acids is 1. The fourth-order valence-corrected chi connectivity index (χ4v) is 1.71. The van der Waals surface area contributed by atoms with E-state index in [0.717, 1.165) is 5.56 Å².